The second-order valence-corrected chi connectivity index (χ2v) is 4.40. The molecule has 0 aromatic carbocycles. The molecule has 2 aromatic rings. The van der Waals surface area contributed by atoms with Crippen LogP contribution >= 0.6 is 15.9 Å². The molecule has 2 rings (SSSR count). The van der Waals surface area contributed by atoms with Gasteiger partial charge in [0.2, 0.25) is 5.88 Å². The molecule has 4 nitrogen and oxygen atoms in total. The van der Waals surface area contributed by atoms with Gasteiger partial charge < -0.3 is 9.30 Å². The molecule has 0 saturated heterocycles. The minimum Gasteiger partial charge on any atom is -0.481 e. The molecule has 0 aliphatic rings. The minimum atomic E-state index is -0.0576. The van der Waals surface area contributed by atoms with Gasteiger partial charge in [-0.3, -0.25) is 4.79 Å². The molecule has 0 amide bonds. The molecule has 88 valence electrons. The van der Waals surface area contributed by atoms with E-state index in [9.17, 15) is 4.79 Å². The van der Waals surface area contributed by atoms with Gasteiger partial charge >= 0.3 is 0 Å². The predicted octanol–water partition coefficient (Wildman–Crippen LogP) is 2.06. The number of aromatic nitrogens is 2. The lowest BCUT2D eigenvalue weighted by Crippen LogP contribution is -2.19. The van der Waals surface area contributed by atoms with Gasteiger partial charge in [-0.05, 0) is 28.1 Å². The fourth-order valence-electron chi connectivity index (χ4n) is 1.46. The molecule has 0 fully saturated rings. The molecule has 17 heavy (non-hydrogen) atoms. The van der Waals surface area contributed by atoms with Crippen molar-refractivity contribution < 1.29 is 4.74 Å². The molecule has 2 aromatic heterocycles. The van der Waals surface area contributed by atoms with Crippen LogP contribution in [0.5, 0.6) is 5.88 Å². The summed E-state index contributed by atoms with van der Waals surface area (Å²) in [5.41, 5.74) is 0.724. The van der Waals surface area contributed by atoms with Crippen LogP contribution in [-0.2, 0) is 6.54 Å². The number of halogens is 1. The van der Waals surface area contributed by atoms with Crippen LogP contribution in [0.25, 0.3) is 0 Å². The highest BCUT2D eigenvalue weighted by Gasteiger charge is 2.01. The van der Waals surface area contributed by atoms with E-state index in [2.05, 4.69) is 20.9 Å². The zero-order chi connectivity index (χ0) is 12.3. The van der Waals surface area contributed by atoms with Gasteiger partial charge in [0.15, 0.2) is 0 Å². The summed E-state index contributed by atoms with van der Waals surface area (Å²) in [5, 5.41) is 0. The maximum Gasteiger partial charge on any atom is 0.250 e. The van der Waals surface area contributed by atoms with E-state index in [0.717, 1.165) is 10.2 Å². The van der Waals surface area contributed by atoms with E-state index >= 15 is 0 Å². The van der Waals surface area contributed by atoms with Crippen LogP contribution in [-0.4, -0.2) is 16.7 Å². The van der Waals surface area contributed by atoms with E-state index < -0.39 is 0 Å². The van der Waals surface area contributed by atoms with Gasteiger partial charge in [-0.15, -0.1) is 0 Å². The first kappa shape index (κ1) is 11.9. The first-order chi connectivity index (χ1) is 8.19. The summed E-state index contributed by atoms with van der Waals surface area (Å²) < 4.78 is 7.49. The molecule has 0 aliphatic carbocycles. The molecule has 2 heterocycles. The topological polar surface area (TPSA) is 44.1 Å². The van der Waals surface area contributed by atoms with Gasteiger partial charge in [-0.1, -0.05) is 6.07 Å². The maximum absolute atomic E-state index is 11.6. The third-order valence-electron chi connectivity index (χ3n) is 2.27. The fraction of sp³-hybridized carbons (Fsp3) is 0.167. The highest BCUT2D eigenvalue weighted by Crippen LogP contribution is 2.09. The lowest BCUT2D eigenvalue weighted by atomic mass is 10.3. The third-order valence-corrected chi connectivity index (χ3v) is 2.74. The SMILES string of the molecule is COc1cccc(Cn2cc(Br)ccc2=O)n1. The lowest BCUT2D eigenvalue weighted by Gasteiger charge is -2.06. The second kappa shape index (κ2) is 5.14. The van der Waals surface area contributed by atoms with Crippen molar-refractivity contribution >= 4 is 15.9 Å². The van der Waals surface area contributed by atoms with Crippen LogP contribution < -0.4 is 10.3 Å². The predicted molar refractivity (Wildman–Crippen MR) is 68.3 cm³/mol. The summed E-state index contributed by atoms with van der Waals surface area (Å²) in [5.74, 6) is 0.547. The molecule has 5 heteroatoms. The largest absolute Gasteiger partial charge is 0.481 e. The van der Waals surface area contributed by atoms with Crippen molar-refractivity contribution in [1.29, 1.82) is 0 Å². The standard InChI is InChI=1S/C12H11BrN2O2/c1-17-11-4-2-3-10(14-11)8-15-7-9(13)5-6-12(15)16/h2-7H,8H2,1H3. The maximum atomic E-state index is 11.6. The minimum absolute atomic E-state index is 0.0576. The van der Waals surface area contributed by atoms with E-state index in [4.69, 9.17) is 4.74 Å². The summed E-state index contributed by atoms with van der Waals surface area (Å²) in [7, 11) is 1.57. The van der Waals surface area contributed by atoms with Crippen LogP contribution in [0.1, 0.15) is 5.69 Å². The molecule has 0 spiro atoms. The van der Waals surface area contributed by atoms with Gasteiger partial charge in [0.05, 0.1) is 19.3 Å². The van der Waals surface area contributed by atoms with Gasteiger partial charge in [0.1, 0.15) is 0 Å². The van der Waals surface area contributed by atoms with E-state index in [-0.39, 0.29) is 5.56 Å². The monoisotopic (exact) mass is 294 g/mol. The second-order valence-electron chi connectivity index (χ2n) is 3.48. The van der Waals surface area contributed by atoms with Gasteiger partial charge in [-0.2, -0.15) is 0 Å². The Morgan fingerprint density at radius 2 is 2.18 bits per heavy atom. The number of methoxy groups -OCH3 is 1. The molecule has 0 atom stereocenters. The number of nitrogens with zero attached hydrogens (tertiary/aromatic N) is 2. The number of rotatable bonds is 3. The molecular formula is C12H11BrN2O2. The van der Waals surface area contributed by atoms with Crippen molar-refractivity contribution in [3.8, 4) is 5.88 Å². The van der Waals surface area contributed by atoms with E-state index in [1.807, 2.05) is 12.1 Å². The Bertz CT molecular complexity index is 581. The van der Waals surface area contributed by atoms with Crippen LogP contribution in [0.15, 0.2) is 45.8 Å². The molecule has 0 bridgehead atoms. The average Bonchev–Trinajstić information content (AvgIpc) is 2.34. The summed E-state index contributed by atoms with van der Waals surface area (Å²) in [4.78, 5) is 15.9. The Balaban J connectivity index is 2.31. The summed E-state index contributed by atoms with van der Waals surface area (Å²) in [6, 6.07) is 8.72. The molecule has 0 unspecified atom stereocenters. The third kappa shape index (κ3) is 2.94. The first-order valence-corrected chi connectivity index (χ1v) is 5.84. The van der Waals surface area contributed by atoms with Crippen molar-refractivity contribution in [3.05, 3.63) is 57.0 Å². The van der Waals surface area contributed by atoms with Crippen molar-refractivity contribution in [2.45, 2.75) is 6.54 Å². The van der Waals surface area contributed by atoms with E-state index in [0.29, 0.717) is 12.4 Å². The Hall–Kier alpha value is -1.62. The van der Waals surface area contributed by atoms with Gasteiger partial charge in [0, 0.05) is 22.8 Å². The highest BCUT2D eigenvalue weighted by molar-refractivity contribution is 9.10. The van der Waals surface area contributed by atoms with Gasteiger partial charge in [-0.25, -0.2) is 4.98 Å². The number of hydrogen-bond donors (Lipinski definition) is 0. The van der Waals surface area contributed by atoms with Crippen LogP contribution in [0.3, 0.4) is 0 Å². The van der Waals surface area contributed by atoms with Crippen LogP contribution in [0.2, 0.25) is 0 Å². The zero-order valence-electron chi connectivity index (χ0n) is 9.26. The zero-order valence-corrected chi connectivity index (χ0v) is 10.8. The summed E-state index contributed by atoms with van der Waals surface area (Å²) in [6.45, 7) is 0.426. The number of ether oxygens (including phenoxy) is 1. The molecule has 0 radical (unpaired) electrons. The van der Waals surface area contributed by atoms with Crippen LogP contribution in [0.4, 0.5) is 0 Å². The molecular weight excluding hydrogens is 284 g/mol. The van der Waals surface area contributed by atoms with Crippen molar-refractivity contribution in [2.75, 3.05) is 7.11 Å². The van der Waals surface area contributed by atoms with Crippen LogP contribution in [0, 0.1) is 0 Å². The lowest BCUT2D eigenvalue weighted by molar-refractivity contribution is 0.396. The Labute approximate surface area is 107 Å². The smallest absolute Gasteiger partial charge is 0.250 e. The Morgan fingerprint density at radius 1 is 1.35 bits per heavy atom. The van der Waals surface area contributed by atoms with Crippen molar-refractivity contribution in [2.24, 2.45) is 0 Å². The number of hydrogen-bond acceptors (Lipinski definition) is 3. The van der Waals surface area contributed by atoms with Crippen molar-refractivity contribution in [3.63, 3.8) is 0 Å². The van der Waals surface area contributed by atoms with E-state index in [1.54, 1.807) is 30.0 Å². The Kier molecular flexibility index (Phi) is 3.58. The van der Waals surface area contributed by atoms with Gasteiger partial charge in [0.25, 0.3) is 5.56 Å². The summed E-state index contributed by atoms with van der Waals surface area (Å²) in [6.07, 6.45) is 1.74. The average molecular weight is 295 g/mol. The highest BCUT2D eigenvalue weighted by atomic mass is 79.9. The molecule has 0 aliphatic heterocycles. The normalized spacial score (nSPS) is 10.2. The van der Waals surface area contributed by atoms with Crippen molar-refractivity contribution in [1.82, 2.24) is 9.55 Å². The fourth-order valence-corrected chi connectivity index (χ4v) is 1.84. The van der Waals surface area contributed by atoms with E-state index in [1.165, 1.54) is 6.07 Å². The Morgan fingerprint density at radius 3 is 2.94 bits per heavy atom. The molecule has 0 saturated carbocycles. The quantitative estimate of drug-likeness (QED) is 0.870. The summed E-state index contributed by atoms with van der Waals surface area (Å²) >= 11 is 3.33. The first-order valence-electron chi connectivity index (χ1n) is 5.05. The molecule has 0 N–H and O–H groups in total. The number of pyridine rings is 2.